The number of nitrogens with one attached hydrogen (secondary N) is 1. The van der Waals surface area contributed by atoms with Gasteiger partial charge >= 0.3 is 0 Å². The highest BCUT2D eigenvalue weighted by molar-refractivity contribution is 9.10. The van der Waals surface area contributed by atoms with Crippen LogP contribution in [0.4, 0.5) is 5.69 Å². The summed E-state index contributed by atoms with van der Waals surface area (Å²) >= 11 is 3.66. The number of ether oxygens (including phenoxy) is 1. The van der Waals surface area contributed by atoms with Crippen molar-refractivity contribution < 1.29 is 4.74 Å². The summed E-state index contributed by atoms with van der Waals surface area (Å²) < 4.78 is 6.48. The summed E-state index contributed by atoms with van der Waals surface area (Å²) in [7, 11) is 1.72. The van der Waals surface area contributed by atoms with Crippen LogP contribution in [0.1, 0.15) is 26.7 Å². The van der Waals surface area contributed by atoms with E-state index in [4.69, 9.17) is 4.74 Å². The van der Waals surface area contributed by atoms with Gasteiger partial charge in [-0.3, -0.25) is 0 Å². The highest BCUT2D eigenvalue weighted by Crippen LogP contribution is 2.33. The van der Waals surface area contributed by atoms with Crippen LogP contribution in [0.5, 0.6) is 5.75 Å². The molecule has 1 heterocycles. The van der Waals surface area contributed by atoms with Gasteiger partial charge in [-0.2, -0.15) is 0 Å². The summed E-state index contributed by atoms with van der Waals surface area (Å²) in [6, 6.07) is 6.17. The van der Waals surface area contributed by atoms with Crippen molar-refractivity contribution in [3.8, 4) is 5.75 Å². The third-order valence-corrected chi connectivity index (χ3v) is 4.89. The number of methoxy groups -OCH3 is 1. The molecule has 1 aromatic carbocycles. The summed E-state index contributed by atoms with van der Waals surface area (Å²) in [4.78, 5) is 2.45. The Morgan fingerprint density at radius 3 is 2.74 bits per heavy atom. The minimum atomic E-state index is 0.237. The van der Waals surface area contributed by atoms with Gasteiger partial charge in [0.25, 0.3) is 0 Å². The minimum absolute atomic E-state index is 0.237. The largest absolute Gasteiger partial charge is 0.497 e. The third kappa shape index (κ3) is 3.06. The number of anilines is 1. The van der Waals surface area contributed by atoms with Crippen LogP contribution in [0.25, 0.3) is 0 Å². The van der Waals surface area contributed by atoms with E-state index in [9.17, 15) is 0 Å². The minimum Gasteiger partial charge on any atom is -0.497 e. The Bertz CT molecular complexity index is 432. The highest BCUT2D eigenvalue weighted by Gasteiger charge is 2.32. The van der Waals surface area contributed by atoms with Crippen LogP contribution in [0.2, 0.25) is 0 Å². The van der Waals surface area contributed by atoms with Gasteiger partial charge in [0.05, 0.1) is 12.8 Å². The Balaban J connectivity index is 2.26. The Labute approximate surface area is 124 Å². The molecule has 1 saturated heterocycles. The Morgan fingerprint density at radius 2 is 2.11 bits per heavy atom. The molecule has 3 nitrogen and oxygen atoms in total. The van der Waals surface area contributed by atoms with Crippen molar-refractivity contribution in [3.63, 3.8) is 0 Å². The molecule has 106 valence electrons. The maximum atomic E-state index is 5.34. The summed E-state index contributed by atoms with van der Waals surface area (Å²) in [6.45, 7) is 7.64. The van der Waals surface area contributed by atoms with Crippen LogP contribution in [-0.2, 0) is 0 Å². The van der Waals surface area contributed by atoms with Gasteiger partial charge in [0, 0.05) is 35.7 Å². The first-order valence-corrected chi connectivity index (χ1v) is 7.77. The van der Waals surface area contributed by atoms with Crippen LogP contribution >= 0.6 is 15.9 Å². The molecule has 1 aliphatic heterocycles. The second kappa shape index (κ2) is 6.14. The molecule has 0 radical (unpaired) electrons. The van der Waals surface area contributed by atoms with E-state index in [0.717, 1.165) is 42.7 Å². The van der Waals surface area contributed by atoms with Gasteiger partial charge in [0.2, 0.25) is 0 Å². The maximum Gasteiger partial charge on any atom is 0.121 e. The van der Waals surface area contributed by atoms with Crippen LogP contribution in [-0.4, -0.2) is 32.3 Å². The monoisotopic (exact) mass is 326 g/mol. The molecule has 0 saturated carbocycles. The fourth-order valence-electron chi connectivity index (χ4n) is 2.75. The average molecular weight is 327 g/mol. The normalized spacial score (nSPS) is 18.4. The van der Waals surface area contributed by atoms with Crippen molar-refractivity contribution in [3.05, 3.63) is 22.7 Å². The molecule has 2 rings (SSSR count). The van der Waals surface area contributed by atoms with Crippen molar-refractivity contribution in [2.24, 2.45) is 0 Å². The van der Waals surface area contributed by atoms with Crippen molar-refractivity contribution in [1.82, 2.24) is 5.32 Å². The van der Waals surface area contributed by atoms with E-state index >= 15 is 0 Å². The first-order chi connectivity index (χ1) is 9.14. The van der Waals surface area contributed by atoms with Crippen molar-refractivity contribution in [2.75, 3.05) is 31.6 Å². The Hall–Kier alpha value is -0.740. The second-order valence-corrected chi connectivity index (χ2v) is 6.01. The zero-order valence-corrected chi connectivity index (χ0v) is 13.6. The van der Waals surface area contributed by atoms with E-state index in [2.05, 4.69) is 52.1 Å². The number of halogens is 1. The predicted molar refractivity (Wildman–Crippen MR) is 84.2 cm³/mol. The maximum absolute atomic E-state index is 5.34. The molecule has 1 fully saturated rings. The first kappa shape index (κ1) is 14.7. The number of benzene rings is 1. The van der Waals surface area contributed by atoms with Gasteiger partial charge in [-0.05, 0) is 40.9 Å². The molecule has 1 aromatic rings. The van der Waals surface area contributed by atoms with E-state index in [1.165, 1.54) is 5.69 Å². The molecule has 0 aromatic heterocycles. The number of hydrogen-bond acceptors (Lipinski definition) is 3. The fraction of sp³-hybridized carbons (Fsp3) is 0.600. The Morgan fingerprint density at radius 1 is 1.37 bits per heavy atom. The van der Waals surface area contributed by atoms with Crippen LogP contribution < -0.4 is 15.0 Å². The lowest BCUT2D eigenvalue weighted by atomic mass is 9.90. The molecule has 1 aliphatic rings. The van der Waals surface area contributed by atoms with Crippen molar-refractivity contribution in [1.29, 1.82) is 0 Å². The molecule has 0 atom stereocenters. The van der Waals surface area contributed by atoms with E-state index in [1.807, 2.05) is 6.07 Å². The fourth-order valence-corrected chi connectivity index (χ4v) is 3.24. The summed E-state index contributed by atoms with van der Waals surface area (Å²) in [5.41, 5.74) is 1.47. The smallest absolute Gasteiger partial charge is 0.121 e. The predicted octanol–water partition coefficient (Wildman–Crippen LogP) is 3.43. The molecule has 1 N–H and O–H groups in total. The van der Waals surface area contributed by atoms with Gasteiger partial charge in [0.15, 0.2) is 0 Å². The number of piperazine rings is 1. The second-order valence-electron chi connectivity index (χ2n) is 5.15. The Kier molecular flexibility index (Phi) is 4.74. The average Bonchev–Trinajstić information content (AvgIpc) is 2.47. The van der Waals surface area contributed by atoms with Gasteiger partial charge in [-0.15, -0.1) is 0 Å². The molecule has 0 aliphatic carbocycles. The molecule has 0 bridgehead atoms. The highest BCUT2D eigenvalue weighted by atomic mass is 79.9. The van der Waals surface area contributed by atoms with Gasteiger partial charge in [0.1, 0.15) is 5.75 Å². The van der Waals surface area contributed by atoms with Gasteiger partial charge < -0.3 is 15.0 Å². The van der Waals surface area contributed by atoms with E-state index < -0.39 is 0 Å². The van der Waals surface area contributed by atoms with Crippen LogP contribution in [0.3, 0.4) is 0 Å². The number of hydrogen-bond donors (Lipinski definition) is 1. The lowest BCUT2D eigenvalue weighted by Gasteiger charge is -2.44. The lowest BCUT2D eigenvalue weighted by Crippen LogP contribution is -2.60. The molecule has 4 heteroatoms. The van der Waals surface area contributed by atoms with E-state index in [0.29, 0.717) is 0 Å². The zero-order chi connectivity index (χ0) is 13.9. The van der Waals surface area contributed by atoms with Gasteiger partial charge in [-0.25, -0.2) is 0 Å². The summed E-state index contributed by atoms with van der Waals surface area (Å²) in [5, 5.41) is 3.69. The van der Waals surface area contributed by atoms with Crippen molar-refractivity contribution in [2.45, 2.75) is 32.2 Å². The van der Waals surface area contributed by atoms with Crippen LogP contribution in [0.15, 0.2) is 22.7 Å². The quantitative estimate of drug-likeness (QED) is 0.917. The molecular weight excluding hydrogens is 304 g/mol. The molecule has 0 spiro atoms. The molecule has 0 unspecified atom stereocenters. The first-order valence-electron chi connectivity index (χ1n) is 6.97. The SMILES string of the molecule is CCC1(CC)CN(c2cc(OC)ccc2Br)CCN1. The van der Waals surface area contributed by atoms with Crippen molar-refractivity contribution >= 4 is 21.6 Å². The summed E-state index contributed by atoms with van der Waals surface area (Å²) in [5.74, 6) is 0.912. The molecule has 19 heavy (non-hydrogen) atoms. The lowest BCUT2D eigenvalue weighted by molar-refractivity contribution is 0.277. The van der Waals surface area contributed by atoms with Gasteiger partial charge in [-0.1, -0.05) is 13.8 Å². The number of nitrogens with zero attached hydrogens (tertiary/aromatic N) is 1. The van der Waals surface area contributed by atoms with E-state index in [-0.39, 0.29) is 5.54 Å². The van der Waals surface area contributed by atoms with E-state index in [1.54, 1.807) is 7.11 Å². The molecular formula is C15H23BrN2O. The zero-order valence-electron chi connectivity index (χ0n) is 12.0. The number of rotatable bonds is 4. The topological polar surface area (TPSA) is 24.5 Å². The standard InChI is InChI=1S/C15H23BrN2O/c1-4-15(5-2)11-18(9-8-17-15)14-10-12(19-3)6-7-13(14)16/h6-7,10,17H,4-5,8-9,11H2,1-3H3. The molecule has 0 amide bonds. The third-order valence-electron chi connectivity index (χ3n) is 4.22. The van der Waals surface area contributed by atoms with Crippen LogP contribution in [0, 0.1) is 0 Å². The summed E-state index contributed by atoms with van der Waals surface area (Å²) in [6.07, 6.45) is 2.31.